The number of nitrogens with one attached hydrogen (secondary N) is 5. The first-order valence-electron chi connectivity index (χ1n) is 38.0. The summed E-state index contributed by atoms with van der Waals surface area (Å²) >= 11 is 15.2. The number of rotatable bonds is 25. The van der Waals surface area contributed by atoms with Crippen molar-refractivity contribution in [2.24, 2.45) is 17.2 Å². The van der Waals surface area contributed by atoms with Gasteiger partial charge in [0.15, 0.2) is 15.5 Å². The molecular weight excluding hydrogens is 1700 g/mol. The zero-order chi connectivity index (χ0) is 88.6. The van der Waals surface area contributed by atoms with Gasteiger partial charge in [-0.05, 0) is 209 Å². The number of carboxylic acids is 1. The lowest BCUT2D eigenvalue weighted by Gasteiger charge is -2.29. The molecule has 1 aliphatic carbocycles. The van der Waals surface area contributed by atoms with Crippen molar-refractivity contribution in [2.75, 3.05) is 64.3 Å². The van der Waals surface area contributed by atoms with E-state index in [-0.39, 0.29) is 57.2 Å². The molecule has 10 heterocycles. The first-order valence-corrected chi connectivity index (χ1v) is 42.4. The summed E-state index contributed by atoms with van der Waals surface area (Å²) in [6, 6.07) is 47.3. The zero-order valence-electron chi connectivity index (χ0n) is 67.5. The SMILES string of the molecule is CCOC(=O)c1cnc(Cl)nc1Cl.CCOC(=O)c1cnc(SC)nc1Nc1ccc(-n2cccn2)cc1.CSc1ncc(C(=O)O)c(Nc2ccc(-n3cccn3)cc2)n1.CSc1ncc(C(N)=O)c(Nc2ccc(-n3cccn3)cc2)n1.NC(=O)c1cnc(N[C@@H]2CCCC[C@@H]2N)nc1Nc1ccc(-n2cccn2)cc1.Nc1ccc(-n2cccn2)cc1. The molecule has 0 radical (unpaired) electrons. The van der Waals surface area contributed by atoms with Crippen LogP contribution in [0.15, 0.2) is 260 Å². The number of primary amides is 2. The summed E-state index contributed by atoms with van der Waals surface area (Å²) in [7, 11) is 0. The molecule has 2 amide bonds. The third-order valence-electron chi connectivity index (χ3n) is 17.5. The number of carbonyl (C=O) groups is 5. The number of halogens is 2. The van der Waals surface area contributed by atoms with Gasteiger partial charge in [-0.15, -0.1) is 0 Å². The van der Waals surface area contributed by atoms with E-state index in [0.29, 0.717) is 51.0 Å². The molecular formula is C83H83Cl2N29O8S3. The Morgan fingerprint density at radius 3 is 1.09 bits per heavy atom. The lowest BCUT2D eigenvalue weighted by molar-refractivity contribution is 0.0516. The average Bonchev–Trinajstić information content (AvgIpc) is 1.50. The predicted octanol–water partition coefficient (Wildman–Crippen LogP) is 14.0. The van der Waals surface area contributed by atoms with Crippen LogP contribution in [0.4, 0.5) is 57.7 Å². The Bertz CT molecular complexity index is 5840. The molecule has 0 spiro atoms. The minimum Gasteiger partial charge on any atom is -0.477 e. The van der Waals surface area contributed by atoms with Crippen molar-refractivity contribution in [3.63, 3.8) is 0 Å². The standard InChI is InChI=1S/C20H24N8O.C17H17N5O2S.C15H14N6OS.C15H13N5O2S.C9H9N3.C7H6Cl2N2O2/c21-16-4-1-2-5-17(16)26-20-23-12-15(18(22)29)19(27-20)25-13-6-8-14(9-7-13)28-11-3-10-24-28;1-3-24-16(23)14-11-18-17(25-2)21-15(14)20-12-5-7-13(8-6-12)22-10-4-9-19-22;1-23-15-17-9-12(13(16)22)14(20-15)19-10-3-5-11(6-4-10)21-8-2-7-18-21;1-23-15-16-9-12(14(21)22)13(19-15)18-10-3-5-11(6-4-10)20-8-2-7-17-20;10-8-2-4-9(5-3-8)12-7-1-6-11-12;1-2-13-6(12)4-3-10-7(9)11-5(4)8/h3,6-12,16-17H,1-2,4-5,21H2,(H2,22,29)(H2,23,25,26,27);4-11H,3H2,1-2H3,(H,18,20,21);2-9H,1H3,(H2,16,22)(H,17,19,20);2-9H,1H3,(H,21,22)(H,16,18,19);1-7H,10H2;3H,2H2,1H3/t16-,17+;;;;;/m0...../s1. The van der Waals surface area contributed by atoms with Crippen molar-refractivity contribution in [1.29, 1.82) is 0 Å². The lowest BCUT2D eigenvalue weighted by Crippen LogP contribution is -2.43. The highest BCUT2D eigenvalue weighted by Crippen LogP contribution is 2.29. The number of nitrogen functional groups attached to an aromatic ring is 1. The van der Waals surface area contributed by atoms with E-state index >= 15 is 0 Å². The largest absolute Gasteiger partial charge is 0.477 e. The number of hydrogen-bond donors (Lipinski definition) is 10. The highest BCUT2D eigenvalue weighted by Gasteiger charge is 2.25. The molecule has 14 N–H and O–H groups in total. The van der Waals surface area contributed by atoms with Gasteiger partial charge in [-0.25, -0.2) is 82.6 Å². The number of hydrogen-bond acceptors (Lipinski definition) is 32. The van der Waals surface area contributed by atoms with Crippen LogP contribution < -0.4 is 49.5 Å². The average molecular weight is 1780 g/mol. The molecule has 0 bridgehead atoms. The Labute approximate surface area is 738 Å². The van der Waals surface area contributed by atoms with Gasteiger partial charge in [0.25, 0.3) is 11.8 Å². The van der Waals surface area contributed by atoms with Crippen molar-refractivity contribution in [3.05, 3.63) is 283 Å². The second-order valence-electron chi connectivity index (χ2n) is 25.9. The molecule has 15 aromatic rings. The van der Waals surface area contributed by atoms with Crippen LogP contribution in [0.2, 0.25) is 10.4 Å². The molecule has 1 fully saturated rings. The van der Waals surface area contributed by atoms with E-state index in [0.717, 1.165) is 82.6 Å². The molecule has 16 rings (SSSR count). The van der Waals surface area contributed by atoms with Gasteiger partial charge in [-0.3, -0.25) is 9.59 Å². The maximum Gasteiger partial charge on any atom is 0.343 e. The van der Waals surface area contributed by atoms with Crippen LogP contribution in [-0.4, -0.2) is 178 Å². The lowest BCUT2D eigenvalue weighted by atomic mass is 9.91. The number of aromatic nitrogens is 20. The van der Waals surface area contributed by atoms with E-state index in [9.17, 15) is 29.1 Å². The maximum atomic E-state index is 12.1. The molecule has 5 aromatic carbocycles. The number of nitrogens with zero attached hydrogens (tertiary/aromatic N) is 20. The molecule has 1 saturated carbocycles. The molecule has 0 saturated heterocycles. The van der Waals surface area contributed by atoms with Crippen molar-refractivity contribution in [2.45, 2.75) is 67.1 Å². The number of amides is 2. The third-order valence-corrected chi connectivity index (χ3v) is 19.6. The molecule has 42 heteroatoms. The topological polar surface area (TPSA) is 506 Å². The van der Waals surface area contributed by atoms with Crippen LogP contribution in [-0.2, 0) is 9.47 Å². The van der Waals surface area contributed by atoms with E-state index in [1.165, 1.54) is 66.3 Å². The minimum atomic E-state index is -1.08. The van der Waals surface area contributed by atoms with Crippen molar-refractivity contribution < 1.29 is 38.6 Å². The number of carbonyl (C=O) groups excluding carboxylic acids is 4. The fourth-order valence-electron chi connectivity index (χ4n) is 11.4. The van der Waals surface area contributed by atoms with Gasteiger partial charge in [0.05, 0.1) is 41.7 Å². The summed E-state index contributed by atoms with van der Waals surface area (Å²) in [5.74, 6) is -1.39. The van der Waals surface area contributed by atoms with Gasteiger partial charge < -0.3 is 64.1 Å². The highest BCUT2D eigenvalue weighted by molar-refractivity contribution is 7.98. The minimum absolute atomic E-state index is 0.00144. The number of nitrogens with two attached hydrogens (primary N) is 4. The third kappa shape index (κ3) is 26.4. The first-order chi connectivity index (χ1) is 60.6. The second-order valence-corrected chi connectivity index (χ2v) is 28.9. The fraction of sp³-hybridized carbons (Fsp3) is 0.157. The summed E-state index contributed by atoms with van der Waals surface area (Å²) in [5, 5.41) is 47.5. The quantitative estimate of drug-likeness (QED) is 0.00835. The van der Waals surface area contributed by atoms with Crippen molar-refractivity contribution in [1.82, 2.24) is 98.7 Å². The van der Waals surface area contributed by atoms with Crippen LogP contribution in [0.3, 0.4) is 0 Å². The number of benzene rings is 5. The number of aromatic carboxylic acids is 1. The van der Waals surface area contributed by atoms with Crippen molar-refractivity contribution in [3.8, 4) is 28.4 Å². The number of carboxylic acid groups (broad SMARTS) is 1. The van der Waals surface area contributed by atoms with Gasteiger partial charge >= 0.3 is 17.9 Å². The van der Waals surface area contributed by atoms with Crippen LogP contribution in [0.1, 0.15) is 91.3 Å². The number of esters is 2. The van der Waals surface area contributed by atoms with E-state index < -0.39 is 29.7 Å². The van der Waals surface area contributed by atoms with E-state index in [1.807, 2.05) is 201 Å². The van der Waals surface area contributed by atoms with Crippen LogP contribution in [0.25, 0.3) is 28.4 Å². The monoisotopic (exact) mass is 1780 g/mol. The summed E-state index contributed by atoms with van der Waals surface area (Å²) < 4.78 is 18.6. The normalized spacial score (nSPS) is 12.3. The smallest absolute Gasteiger partial charge is 0.343 e. The summed E-state index contributed by atoms with van der Waals surface area (Å²) in [5.41, 5.74) is 32.1. The summed E-state index contributed by atoms with van der Waals surface area (Å²) in [4.78, 5) is 98.9. The van der Waals surface area contributed by atoms with Crippen LogP contribution >= 0.6 is 58.5 Å². The van der Waals surface area contributed by atoms with Gasteiger partial charge in [-0.1, -0.05) is 59.7 Å². The predicted molar refractivity (Wildman–Crippen MR) is 481 cm³/mol. The molecule has 125 heavy (non-hydrogen) atoms. The Hall–Kier alpha value is -14.7. The van der Waals surface area contributed by atoms with Gasteiger partial charge in [0, 0.05) is 133 Å². The summed E-state index contributed by atoms with van der Waals surface area (Å²) in [6.45, 7) is 4.03. The maximum absolute atomic E-state index is 12.1. The van der Waals surface area contributed by atoms with Crippen molar-refractivity contribution >= 4 is 146 Å². The summed E-state index contributed by atoms with van der Waals surface area (Å²) in [6.07, 6.45) is 34.6. The van der Waals surface area contributed by atoms with Crippen LogP contribution in [0, 0.1) is 0 Å². The molecule has 10 aromatic heterocycles. The van der Waals surface area contributed by atoms with Gasteiger partial charge in [0.1, 0.15) is 56.2 Å². The molecule has 1 aliphatic rings. The van der Waals surface area contributed by atoms with Gasteiger partial charge in [-0.2, -0.15) is 30.5 Å². The second kappa shape index (κ2) is 45.8. The number of anilines is 10. The highest BCUT2D eigenvalue weighted by atomic mass is 35.5. The Morgan fingerprint density at radius 2 is 0.752 bits per heavy atom. The van der Waals surface area contributed by atoms with E-state index in [4.69, 9.17) is 55.6 Å². The molecule has 37 nitrogen and oxygen atoms in total. The first kappa shape index (κ1) is 91.0. The fourth-order valence-corrected chi connectivity index (χ4v) is 12.8. The molecule has 0 unspecified atom stereocenters. The Kier molecular flexibility index (Phi) is 33.4. The number of thioether (sulfide) groups is 3. The van der Waals surface area contributed by atoms with E-state index in [1.54, 1.807) is 68.2 Å². The molecule has 640 valence electrons. The van der Waals surface area contributed by atoms with Crippen LogP contribution in [0.5, 0.6) is 0 Å². The molecule has 2 atom stereocenters. The Balaban J connectivity index is 0.000000149. The molecule has 0 aliphatic heterocycles. The zero-order valence-corrected chi connectivity index (χ0v) is 71.5. The Morgan fingerprint density at radius 1 is 0.432 bits per heavy atom. The van der Waals surface area contributed by atoms with E-state index in [2.05, 4.69) is 102 Å². The number of ether oxygens (including phenoxy) is 2. The van der Waals surface area contributed by atoms with Gasteiger partial charge in [0.2, 0.25) is 11.2 Å².